The van der Waals surface area contributed by atoms with Gasteiger partial charge in [0.05, 0.1) is 0 Å². The van der Waals surface area contributed by atoms with Crippen molar-refractivity contribution in [1.29, 1.82) is 0 Å². The SMILES string of the molecule is Cc1c(NN)ncnc1N(C)CCc1ccccn1. The molecule has 100 valence electrons. The van der Waals surface area contributed by atoms with Crippen LogP contribution in [0.1, 0.15) is 11.3 Å². The minimum absolute atomic E-state index is 0.648. The molecule has 0 radical (unpaired) electrons. The van der Waals surface area contributed by atoms with Gasteiger partial charge in [0.2, 0.25) is 0 Å². The maximum atomic E-state index is 5.42. The Balaban J connectivity index is 2.06. The summed E-state index contributed by atoms with van der Waals surface area (Å²) in [5.74, 6) is 6.94. The van der Waals surface area contributed by atoms with Gasteiger partial charge in [-0.1, -0.05) is 6.07 Å². The molecule has 6 nitrogen and oxygen atoms in total. The molecule has 0 bridgehead atoms. The van der Waals surface area contributed by atoms with Gasteiger partial charge in [0.25, 0.3) is 0 Å². The van der Waals surface area contributed by atoms with E-state index >= 15 is 0 Å². The molecule has 0 saturated carbocycles. The lowest BCUT2D eigenvalue weighted by molar-refractivity contribution is 0.831. The summed E-state index contributed by atoms with van der Waals surface area (Å²) < 4.78 is 0. The van der Waals surface area contributed by atoms with E-state index in [1.165, 1.54) is 6.33 Å². The number of anilines is 2. The second kappa shape index (κ2) is 6.10. The number of hydrazine groups is 1. The van der Waals surface area contributed by atoms with Gasteiger partial charge in [-0.25, -0.2) is 15.8 Å². The molecule has 2 aromatic rings. The third kappa shape index (κ3) is 3.17. The molecule has 2 heterocycles. The topological polar surface area (TPSA) is 80.0 Å². The summed E-state index contributed by atoms with van der Waals surface area (Å²) in [7, 11) is 2.00. The molecule has 2 aromatic heterocycles. The van der Waals surface area contributed by atoms with Crippen molar-refractivity contribution in [2.75, 3.05) is 23.9 Å². The molecular weight excluding hydrogens is 240 g/mol. The van der Waals surface area contributed by atoms with E-state index in [4.69, 9.17) is 5.84 Å². The molecule has 0 amide bonds. The second-order valence-electron chi connectivity index (χ2n) is 4.31. The van der Waals surface area contributed by atoms with Crippen molar-refractivity contribution in [1.82, 2.24) is 15.0 Å². The number of rotatable bonds is 5. The van der Waals surface area contributed by atoms with Crippen LogP contribution in [-0.2, 0) is 6.42 Å². The van der Waals surface area contributed by atoms with E-state index < -0.39 is 0 Å². The quantitative estimate of drug-likeness (QED) is 0.618. The van der Waals surface area contributed by atoms with Gasteiger partial charge in [0.1, 0.15) is 18.0 Å². The maximum Gasteiger partial charge on any atom is 0.148 e. The largest absolute Gasteiger partial charge is 0.359 e. The fourth-order valence-electron chi connectivity index (χ4n) is 1.91. The predicted molar refractivity (Wildman–Crippen MR) is 75.8 cm³/mol. The number of hydrogen-bond acceptors (Lipinski definition) is 6. The number of nitrogens with one attached hydrogen (secondary N) is 1. The van der Waals surface area contributed by atoms with Crippen LogP contribution in [0.4, 0.5) is 11.6 Å². The second-order valence-corrected chi connectivity index (χ2v) is 4.31. The predicted octanol–water partition coefficient (Wildman–Crippen LogP) is 1.14. The first kappa shape index (κ1) is 13.2. The zero-order chi connectivity index (χ0) is 13.7. The summed E-state index contributed by atoms with van der Waals surface area (Å²) in [6.07, 6.45) is 4.18. The number of pyridine rings is 1. The van der Waals surface area contributed by atoms with E-state index in [2.05, 4.69) is 25.3 Å². The highest BCUT2D eigenvalue weighted by molar-refractivity contribution is 5.56. The van der Waals surface area contributed by atoms with Crippen LogP contribution >= 0.6 is 0 Å². The Kier molecular flexibility index (Phi) is 4.25. The van der Waals surface area contributed by atoms with Gasteiger partial charge < -0.3 is 10.3 Å². The molecule has 0 aliphatic heterocycles. The van der Waals surface area contributed by atoms with Gasteiger partial charge in [0.15, 0.2) is 0 Å². The first-order valence-corrected chi connectivity index (χ1v) is 6.11. The van der Waals surface area contributed by atoms with Crippen LogP contribution in [0.15, 0.2) is 30.7 Å². The minimum Gasteiger partial charge on any atom is -0.359 e. The van der Waals surface area contributed by atoms with Crippen LogP contribution in [0.25, 0.3) is 0 Å². The fraction of sp³-hybridized carbons (Fsp3) is 0.308. The van der Waals surface area contributed by atoms with E-state index in [1.807, 2.05) is 38.4 Å². The van der Waals surface area contributed by atoms with Crippen molar-refractivity contribution in [2.45, 2.75) is 13.3 Å². The molecule has 0 aliphatic rings. The first-order chi connectivity index (χ1) is 9.22. The van der Waals surface area contributed by atoms with E-state index in [0.29, 0.717) is 5.82 Å². The van der Waals surface area contributed by atoms with Gasteiger partial charge in [-0.3, -0.25) is 4.98 Å². The van der Waals surface area contributed by atoms with Crippen LogP contribution in [0, 0.1) is 6.92 Å². The summed E-state index contributed by atoms with van der Waals surface area (Å²) in [5, 5.41) is 0. The summed E-state index contributed by atoms with van der Waals surface area (Å²) in [4.78, 5) is 14.8. The summed E-state index contributed by atoms with van der Waals surface area (Å²) in [6, 6.07) is 5.93. The van der Waals surface area contributed by atoms with Crippen LogP contribution in [0.5, 0.6) is 0 Å². The van der Waals surface area contributed by atoms with Crippen molar-refractivity contribution in [2.24, 2.45) is 5.84 Å². The van der Waals surface area contributed by atoms with Gasteiger partial charge in [-0.2, -0.15) is 0 Å². The van der Waals surface area contributed by atoms with Crippen LogP contribution < -0.4 is 16.2 Å². The van der Waals surface area contributed by atoms with Crippen LogP contribution in [0.3, 0.4) is 0 Å². The van der Waals surface area contributed by atoms with Gasteiger partial charge >= 0.3 is 0 Å². The Bertz CT molecular complexity index is 528. The number of nitrogens with zero attached hydrogens (tertiary/aromatic N) is 4. The molecular formula is C13H18N6. The number of likely N-dealkylation sites (N-methyl/N-ethyl adjacent to an activating group) is 1. The van der Waals surface area contributed by atoms with E-state index in [-0.39, 0.29) is 0 Å². The van der Waals surface area contributed by atoms with Gasteiger partial charge in [-0.15, -0.1) is 0 Å². The molecule has 0 fully saturated rings. The number of nitrogen functional groups attached to an aromatic ring is 1. The normalized spacial score (nSPS) is 10.3. The molecule has 0 aliphatic carbocycles. The Morgan fingerprint density at radius 3 is 2.79 bits per heavy atom. The van der Waals surface area contributed by atoms with Crippen LogP contribution in [0.2, 0.25) is 0 Å². The van der Waals surface area contributed by atoms with E-state index in [0.717, 1.165) is 30.0 Å². The minimum atomic E-state index is 0.648. The zero-order valence-corrected chi connectivity index (χ0v) is 11.2. The summed E-state index contributed by atoms with van der Waals surface area (Å²) in [6.45, 7) is 2.78. The van der Waals surface area contributed by atoms with Crippen molar-refractivity contribution in [3.63, 3.8) is 0 Å². The first-order valence-electron chi connectivity index (χ1n) is 6.11. The fourth-order valence-corrected chi connectivity index (χ4v) is 1.91. The molecule has 0 spiro atoms. The Morgan fingerprint density at radius 1 is 1.26 bits per heavy atom. The smallest absolute Gasteiger partial charge is 0.148 e. The molecule has 0 aromatic carbocycles. The average molecular weight is 258 g/mol. The van der Waals surface area contributed by atoms with Gasteiger partial charge in [0, 0.05) is 37.5 Å². The molecule has 0 saturated heterocycles. The highest BCUT2D eigenvalue weighted by Crippen LogP contribution is 2.20. The molecule has 3 N–H and O–H groups in total. The standard InChI is InChI=1S/C13H18N6/c1-10-12(18-14)16-9-17-13(10)19(2)8-6-11-5-3-4-7-15-11/h3-5,7,9H,6,8,14H2,1-2H3,(H,16,17,18). The average Bonchev–Trinajstić information content (AvgIpc) is 2.46. The highest BCUT2D eigenvalue weighted by atomic mass is 15.3. The lowest BCUT2D eigenvalue weighted by Crippen LogP contribution is -2.23. The van der Waals surface area contributed by atoms with Gasteiger partial charge in [-0.05, 0) is 19.1 Å². The Morgan fingerprint density at radius 2 is 2.11 bits per heavy atom. The molecule has 6 heteroatoms. The lowest BCUT2D eigenvalue weighted by Gasteiger charge is -2.20. The molecule has 2 rings (SSSR count). The van der Waals surface area contributed by atoms with E-state index in [1.54, 1.807) is 0 Å². The number of hydrogen-bond donors (Lipinski definition) is 2. The Hall–Kier alpha value is -2.21. The third-order valence-electron chi connectivity index (χ3n) is 2.99. The van der Waals surface area contributed by atoms with Crippen molar-refractivity contribution in [3.05, 3.63) is 42.0 Å². The molecule has 0 atom stereocenters. The summed E-state index contributed by atoms with van der Waals surface area (Å²) >= 11 is 0. The number of nitrogens with two attached hydrogens (primary N) is 1. The lowest BCUT2D eigenvalue weighted by atomic mass is 10.2. The van der Waals surface area contributed by atoms with Crippen LogP contribution in [-0.4, -0.2) is 28.5 Å². The van der Waals surface area contributed by atoms with Crippen molar-refractivity contribution in [3.8, 4) is 0 Å². The molecule has 19 heavy (non-hydrogen) atoms. The Labute approximate surface area is 112 Å². The van der Waals surface area contributed by atoms with E-state index in [9.17, 15) is 0 Å². The maximum absolute atomic E-state index is 5.42. The van der Waals surface area contributed by atoms with Crippen molar-refractivity contribution >= 4 is 11.6 Å². The third-order valence-corrected chi connectivity index (χ3v) is 2.99. The monoisotopic (exact) mass is 258 g/mol. The zero-order valence-electron chi connectivity index (χ0n) is 11.2. The molecule has 0 unspecified atom stereocenters. The summed E-state index contributed by atoms with van der Waals surface area (Å²) in [5.41, 5.74) is 4.58. The van der Waals surface area contributed by atoms with Crippen molar-refractivity contribution < 1.29 is 0 Å². The highest BCUT2D eigenvalue weighted by Gasteiger charge is 2.10. The number of aromatic nitrogens is 3.